The largest absolute Gasteiger partial charge is 0.356 e. The van der Waals surface area contributed by atoms with Gasteiger partial charge in [0.05, 0.1) is 15.7 Å². The van der Waals surface area contributed by atoms with Crippen LogP contribution >= 0.6 is 0 Å². The summed E-state index contributed by atoms with van der Waals surface area (Å²) in [5.41, 5.74) is 3.21. The van der Waals surface area contributed by atoms with Crippen LogP contribution in [0.4, 0.5) is 4.39 Å². The molecule has 31 heavy (non-hydrogen) atoms. The molecule has 2 aromatic carbocycles. The average Bonchev–Trinajstić information content (AvgIpc) is 3.17. The molecule has 0 bridgehead atoms. The van der Waals surface area contributed by atoms with Crippen molar-refractivity contribution in [1.29, 1.82) is 0 Å². The molecule has 0 saturated carbocycles. The van der Waals surface area contributed by atoms with Gasteiger partial charge in [-0.25, -0.2) is 8.60 Å². The lowest BCUT2D eigenvalue weighted by Crippen LogP contribution is -2.34. The predicted molar refractivity (Wildman–Crippen MR) is 121 cm³/mol. The van der Waals surface area contributed by atoms with Crippen molar-refractivity contribution in [2.75, 3.05) is 0 Å². The van der Waals surface area contributed by atoms with Gasteiger partial charge in [-0.05, 0) is 62.9 Å². The summed E-state index contributed by atoms with van der Waals surface area (Å²) in [6, 6.07) is 18.1. The fourth-order valence-corrected chi connectivity index (χ4v) is 4.33. The fourth-order valence-electron chi connectivity index (χ4n) is 3.96. The van der Waals surface area contributed by atoms with Gasteiger partial charge in [-0.3, -0.25) is 10.1 Å². The highest BCUT2D eigenvalue weighted by Crippen LogP contribution is 2.40. The van der Waals surface area contributed by atoms with Gasteiger partial charge in [-0.1, -0.05) is 35.5 Å². The Balaban J connectivity index is 1.87. The molecular weight excluding hydrogens is 413 g/mol. The number of halogens is 1. The maximum absolute atomic E-state index is 15.4. The Morgan fingerprint density at radius 1 is 1.10 bits per heavy atom. The summed E-state index contributed by atoms with van der Waals surface area (Å²) in [6.07, 6.45) is 2.60. The SMILES string of the molecule is CC(C)(C[C@H](Cc1ccccn1)c1c(F)cccc1-c1noc2ccccc12)S(N)=O. The molecule has 2 N–H and O–H groups in total. The Morgan fingerprint density at radius 2 is 1.87 bits per heavy atom. The van der Waals surface area contributed by atoms with Crippen molar-refractivity contribution in [2.45, 2.75) is 37.4 Å². The van der Waals surface area contributed by atoms with Gasteiger partial charge < -0.3 is 4.52 Å². The first kappa shape index (κ1) is 21.3. The van der Waals surface area contributed by atoms with E-state index in [1.165, 1.54) is 6.07 Å². The smallest absolute Gasteiger partial charge is 0.167 e. The highest BCUT2D eigenvalue weighted by atomic mass is 32.2. The van der Waals surface area contributed by atoms with E-state index in [1.807, 2.05) is 62.4 Å². The van der Waals surface area contributed by atoms with E-state index in [4.69, 9.17) is 9.66 Å². The molecule has 0 aliphatic carbocycles. The molecule has 2 atom stereocenters. The summed E-state index contributed by atoms with van der Waals surface area (Å²) in [7, 11) is -1.58. The monoisotopic (exact) mass is 437 g/mol. The van der Waals surface area contributed by atoms with E-state index >= 15 is 4.39 Å². The Labute approximate surface area is 183 Å². The second-order valence-electron chi connectivity index (χ2n) is 8.21. The van der Waals surface area contributed by atoms with Crippen molar-refractivity contribution >= 4 is 22.0 Å². The zero-order chi connectivity index (χ0) is 22.0. The molecular formula is C24H24FN3O2S. The predicted octanol–water partition coefficient (Wildman–Crippen LogP) is 5.15. The van der Waals surface area contributed by atoms with E-state index in [1.54, 1.807) is 12.3 Å². The molecule has 0 aliphatic rings. The van der Waals surface area contributed by atoms with Crippen LogP contribution in [0.2, 0.25) is 0 Å². The van der Waals surface area contributed by atoms with Crippen molar-refractivity contribution in [3.63, 3.8) is 0 Å². The first-order chi connectivity index (χ1) is 14.9. The van der Waals surface area contributed by atoms with Crippen LogP contribution in [0.25, 0.3) is 22.2 Å². The summed E-state index contributed by atoms with van der Waals surface area (Å²) in [4.78, 5) is 4.43. The van der Waals surface area contributed by atoms with Gasteiger partial charge >= 0.3 is 0 Å². The minimum atomic E-state index is -1.58. The van der Waals surface area contributed by atoms with Crippen LogP contribution in [-0.4, -0.2) is 19.1 Å². The van der Waals surface area contributed by atoms with E-state index in [0.717, 1.165) is 11.1 Å². The van der Waals surface area contributed by atoms with Gasteiger partial charge in [-0.15, -0.1) is 0 Å². The van der Waals surface area contributed by atoms with Crippen molar-refractivity contribution in [1.82, 2.24) is 10.1 Å². The van der Waals surface area contributed by atoms with Crippen molar-refractivity contribution in [2.24, 2.45) is 5.14 Å². The molecule has 0 radical (unpaired) electrons. The molecule has 160 valence electrons. The van der Waals surface area contributed by atoms with Crippen molar-refractivity contribution in [3.8, 4) is 11.3 Å². The molecule has 2 aromatic heterocycles. The van der Waals surface area contributed by atoms with Gasteiger partial charge in [0, 0.05) is 28.4 Å². The molecule has 0 fully saturated rings. The number of fused-ring (bicyclic) bond motifs is 1. The first-order valence-corrected chi connectivity index (χ1v) is 11.3. The molecule has 0 amide bonds. The topological polar surface area (TPSA) is 82.0 Å². The second-order valence-corrected chi connectivity index (χ2v) is 9.91. The fraction of sp³-hybridized carbons (Fsp3) is 0.250. The van der Waals surface area contributed by atoms with Crippen LogP contribution in [0.1, 0.15) is 37.4 Å². The first-order valence-electron chi connectivity index (χ1n) is 10.1. The Bertz CT molecular complexity index is 1220. The number of hydrogen-bond donors (Lipinski definition) is 1. The number of hydrogen-bond acceptors (Lipinski definition) is 4. The van der Waals surface area contributed by atoms with Crippen molar-refractivity contribution in [3.05, 3.63) is 83.9 Å². The average molecular weight is 438 g/mol. The molecule has 1 unspecified atom stereocenters. The number of nitrogens with zero attached hydrogens (tertiary/aromatic N) is 2. The highest BCUT2D eigenvalue weighted by molar-refractivity contribution is 7.84. The molecule has 2 heterocycles. The van der Waals surface area contributed by atoms with Gasteiger partial charge in [0.25, 0.3) is 0 Å². The molecule has 4 aromatic rings. The normalized spacial score (nSPS) is 13.9. The summed E-state index contributed by atoms with van der Waals surface area (Å²) in [5.74, 6) is -0.659. The molecule has 0 saturated heterocycles. The molecule has 0 spiro atoms. The van der Waals surface area contributed by atoms with Crippen LogP contribution in [-0.2, 0) is 17.4 Å². The quantitative estimate of drug-likeness (QED) is 0.434. The molecule has 4 rings (SSSR count). The van der Waals surface area contributed by atoms with Crippen LogP contribution in [0.15, 0.2) is 71.4 Å². The lowest BCUT2D eigenvalue weighted by Gasteiger charge is -2.29. The zero-order valence-corrected chi connectivity index (χ0v) is 18.2. The van der Waals surface area contributed by atoms with Gasteiger partial charge in [0.2, 0.25) is 0 Å². The van der Waals surface area contributed by atoms with Crippen molar-refractivity contribution < 1.29 is 13.1 Å². The number of pyridine rings is 1. The molecule has 0 aliphatic heterocycles. The van der Waals surface area contributed by atoms with Gasteiger partial charge in [0.15, 0.2) is 5.58 Å². The lowest BCUT2D eigenvalue weighted by molar-refractivity contribution is 0.458. The third-order valence-electron chi connectivity index (χ3n) is 5.56. The molecule has 5 nitrogen and oxygen atoms in total. The van der Waals surface area contributed by atoms with E-state index in [2.05, 4.69) is 10.1 Å². The number of aromatic nitrogens is 2. The maximum atomic E-state index is 15.4. The third kappa shape index (κ3) is 4.43. The summed E-state index contributed by atoms with van der Waals surface area (Å²) < 4.78 is 32.4. The van der Waals surface area contributed by atoms with Crippen LogP contribution < -0.4 is 5.14 Å². The maximum Gasteiger partial charge on any atom is 0.167 e. The summed E-state index contributed by atoms with van der Waals surface area (Å²) in [6.45, 7) is 3.67. The lowest BCUT2D eigenvalue weighted by atomic mass is 9.82. The Morgan fingerprint density at radius 3 is 2.61 bits per heavy atom. The van der Waals surface area contributed by atoms with E-state index in [0.29, 0.717) is 35.2 Å². The Kier molecular flexibility index (Phi) is 5.98. The van der Waals surface area contributed by atoms with Crippen LogP contribution in [0.3, 0.4) is 0 Å². The second kappa shape index (κ2) is 8.69. The summed E-state index contributed by atoms with van der Waals surface area (Å²) >= 11 is 0. The number of nitrogens with two attached hydrogens (primary N) is 1. The minimum Gasteiger partial charge on any atom is -0.356 e. The van der Waals surface area contributed by atoms with Gasteiger partial charge in [-0.2, -0.15) is 0 Å². The highest BCUT2D eigenvalue weighted by Gasteiger charge is 2.32. The third-order valence-corrected chi connectivity index (χ3v) is 6.81. The number of rotatable bonds is 7. The minimum absolute atomic E-state index is 0.316. The number of benzene rings is 2. The van der Waals surface area contributed by atoms with Gasteiger partial charge in [0.1, 0.15) is 11.5 Å². The standard InChI is InChI=1S/C24H24FN3O2S/c1-24(2,31(26)29)15-16(14-17-8-5-6-13-27-17)22-19(10-7-11-20(22)25)23-18-9-3-4-12-21(18)30-28-23/h3-13,16H,14-15,26H2,1-2H3/t16-,31?/m0/s1. The van der Waals surface area contributed by atoms with E-state index in [9.17, 15) is 4.21 Å². The van der Waals surface area contributed by atoms with Crippen LogP contribution in [0, 0.1) is 5.82 Å². The number of para-hydroxylation sites is 1. The van der Waals surface area contributed by atoms with Crippen LogP contribution in [0.5, 0.6) is 0 Å². The summed E-state index contributed by atoms with van der Waals surface area (Å²) in [5, 5.41) is 10.8. The zero-order valence-electron chi connectivity index (χ0n) is 17.4. The van der Waals surface area contributed by atoms with E-state index < -0.39 is 15.7 Å². The van der Waals surface area contributed by atoms with E-state index in [-0.39, 0.29) is 11.7 Å². The molecule has 7 heteroatoms. The Hall–Kier alpha value is -2.90.